The number of aromatic nitrogens is 4. The van der Waals surface area contributed by atoms with E-state index in [0.717, 1.165) is 49.1 Å². The van der Waals surface area contributed by atoms with Crippen molar-refractivity contribution in [1.82, 2.24) is 25.3 Å². The van der Waals surface area contributed by atoms with E-state index in [1.54, 1.807) is 18.5 Å². The molecule has 0 spiro atoms. The Morgan fingerprint density at radius 2 is 1.89 bits per heavy atom. The maximum atomic E-state index is 12.0. The molecule has 6 nitrogen and oxygen atoms in total. The van der Waals surface area contributed by atoms with Crippen molar-refractivity contribution < 1.29 is 4.79 Å². The first kappa shape index (κ1) is 18.0. The topological polar surface area (TPSA) is 83.6 Å². The predicted molar refractivity (Wildman–Crippen MR) is 107 cm³/mol. The fourth-order valence-corrected chi connectivity index (χ4v) is 4.24. The van der Waals surface area contributed by atoms with Gasteiger partial charge in [0.05, 0.1) is 16.8 Å². The monoisotopic (exact) mass is 381 g/mol. The average Bonchev–Trinajstić information content (AvgIpc) is 3.16. The highest BCUT2D eigenvalue weighted by Gasteiger charge is 2.24. The van der Waals surface area contributed by atoms with E-state index in [1.165, 1.54) is 11.8 Å². The molecule has 1 aliphatic rings. The number of fused-ring (bicyclic) bond motifs is 1. The zero-order chi connectivity index (χ0) is 18.5. The second-order valence-electron chi connectivity index (χ2n) is 6.98. The Morgan fingerprint density at radius 1 is 1.11 bits per heavy atom. The van der Waals surface area contributed by atoms with Gasteiger partial charge in [0.1, 0.15) is 5.82 Å². The molecule has 1 fully saturated rings. The Kier molecular flexibility index (Phi) is 5.67. The van der Waals surface area contributed by atoms with Crippen LogP contribution in [0.3, 0.4) is 0 Å². The molecule has 0 atom stereocenters. The molecule has 1 aromatic carbocycles. The summed E-state index contributed by atoms with van der Waals surface area (Å²) >= 11 is 1.37. The number of amides is 1. The van der Waals surface area contributed by atoms with E-state index in [4.69, 9.17) is 4.98 Å². The van der Waals surface area contributed by atoms with Gasteiger partial charge in [0.15, 0.2) is 5.16 Å². The van der Waals surface area contributed by atoms with Crippen LogP contribution in [-0.2, 0) is 4.79 Å². The summed E-state index contributed by atoms with van der Waals surface area (Å²) in [6.07, 6.45) is 7.86. The lowest BCUT2D eigenvalue weighted by atomic mass is 9.81. The van der Waals surface area contributed by atoms with E-state index in [0.29, 0.717) is 22.7 Å². The van der Waals surface area contributed by atoms with Gasteiger partial charge in [0.25, 0.3) is 0 Å². The van der Waals surface area contributed by atoms with Crippen LogP contribution in [0, 0.1) is 5.92 Å². The third kappa shape index (κ3) is 4.66. The molecule has 7 heteroatoms. The van der Waals surface area contributed by atoms with Crippen LogP contribution in [-0.4, -0.2) is 38.1 Å². The molecule has 2 heterocycles. The molecule has 0 unspecified atom stereocenters. The van der Waals surface area contributed by atoms with E-state index in [1.807, 2.05) is 12.1 Å². The molecule has 1 amide bonds. The summed E-state index contributed by atoms with van der Waals surface area (Å²) in [6.45, 7) is 0.752. The first-order chi connectivity index (χ1) is 13.3. The Labute approximate surface area is 162 Å². The van der Waals surface area contributed by atoms with Crippen molar-refractivity contribution in [3.63, 3.8) is 0 Å². The molecule has 4 rings (SSSR count). The number of hydrogen-bond acceptors (Lipinski definition) is 5. The van der Waals surface area contributed by atoms with E-state index in [-0.39, 0.29) is 5.91 Å². The van der Waals surface area contributed by atoms with Crippen molar-refractivity contribution in [1.29, 1.82) is 0 Å². The molecule has 140 valence electrons. The molecule has 0 aliphatic heterocycles. The van der Waals surface area contributed by atoms with Crippen LogP contribution >= 0.6 is 11.8 Å². The lowest BCUT2D eigenvalue weighted by Crippen LogP contribution is -2.32. The highest BCUT2D eigenvalue weighted by atomic mass is 32.2. The summed E-state index contributed by atoms with van der Waals surface area (Å²) in [4.78, 5) is 28.5. The van der Waals surface area contributed by atoms with Gasteiger partial charge in [-0.1, -0.05) is 23.9 Å². The van der Waals surface area contributed by atoms with Gasteiger partial charge in [-0.3, -0.25) is 4.79 Å². The number of rotatable bonds is 6. The summed E-state index contributed by atoms with van der Waals surface area (Å²) < 4.78 is 0. The molecular formula is C20H23N5OS. The minimum atomic E-state index is 0.0480. The van der Waals surface area contributed by atoms with Gasteiger partial charge in [-0.2, -0.15) is 0 Å². The van der Waals surface area contributed by atoms with Gasteiger partial charge in [-0.25, -0.2) is 15.0 Å². The molecule has 27 heavy (non-hydrogen) atoms. The predicted octanol–water partition coefficient (Wildman–Crippen LogP) is 3.54. The minimum absolute atomic E-state index is 0.0480. The Morgan fingerprint density at radius 3 is 2.67 bits per heavy atom. The average molecular weight is 382 g/mol. The molecule has 0 radical (unpaired) electrons. The lowest BCUT2D eigenvalue weighted by Gasteiger charge is -2.27. The molecule has 1 aliphatic carbocycles. The van der Waals surface area contributed by atoms with Crippen LogP contribution in [0.2, 0.25) is 0 Å². The van der Waals surface area contributed by atoms with Crippen molar-refractivity contribution in [3.05, 3.63) is 48.5 Å². The van der Waals surface area contributed by atoms with Gasteiger partial charge in [0.2, 0.25) is 5.91 Å². The molecule has 0 bridgehead atoms. The maximum absolute atomic E-state index is 12.0. The standard InChI is InChI=1S/C20H23N5OS/c26-18(13-27-20-21-10-3-11-22-20)23-12-14-6-8-15(9-7-14)19-24-16-4-1-2-5-17(16)25-19/h1-5,10-11,14-15H,6-9,12-13H2,(H,23,26)(H,24,25). The number of benzene rings is 1. The van der Waals surface area contributed by atoms with E-state index < -0.39 is 0 Å². The van der Waals surface area contributed by atoms with Crippen molar-refractivity contribution in [3.8, 4) is 0 Å². The molecular weight excluding hydrogens is 358 g/mol. The first-order valence-electron chi connectivity index (χ1n) is 9.39. The van der Waals surface area contributed by atoms with Crippen molar-refractivity contribution in [2.24, 2.45) is 5.92 Å². The van der Waals surface area contributed by atoms with E-state index >= 15 is 0 Å². The van der Waals surface area contributed by atoms with Gasteiger partial charge >= 0.3 is 0 Å². The fraction of sp³-hybridized carbons (Fsp3) is 0.400. The second-order valence-corrected chi connectivity index (χ2v) is 7.92. The molecule has 0 saturated heterocycles. The number of carbonyl (C=O) groups excluding carboxylic acids is 1. The molecule has 2 aromatic heterocycles. The molecule has 2 N–H and O–H groups in total. The minimum Gasteiger partial charge on any atom is -0.355 e. The largest absolute Gasteiger partial charge is 0.355 e. The quantitative estimate of drug-likeness (QED) is 0.504. The fourth-order valence-electron chi connectivity index (χ4n) is 3.61. The third-order valence-electron chi connectivity index (χ3n) is 5.10. The van der Waals surface area contributed by atoms with Gasteiger partial charge in [-0.15, -0.1) is 0 Å². The van der Waals surface area contributed by atoms with E-state index in [2.05, 4.69) is 32.4 Å². The molecule has 1 saturated carbocycles. The number of aromatic amines is 1. The molecule has 3 aromatic rings. The van der Waals surface area contributed by atoms with Gasteiger partial charge in [0, 0.05) is 24.9 Å². The number of nitrogens with zero attached hydrogens (tertiary/aromatic N) is 3. The highest BCUT2D eigenvalue weighted by Crippen LogP contribution is 2.35. The number of carbonyl (C=O) groups is 1. The van der Waals surface area contributed by atoms with Crippen molar-refractivity contribution in [2.75, 3.05) is 12.3 Å². The normalized spacial score (nSPS) is 19.9. The SMILES string of the molecule is O=C(CSc1ncccn1)NCC1CCC(c2nc3ccccc3[nH]2)CC1. The summed E-state index contributed by atoms with van der Waals surface area (Å²) in [5.74, 6) is 2.56. The number of H-pyrrole nitrogens is 1. The number of thioether (sulfide) groups is 1. The lowest BCUT2D eigenvalue weighted by molar-refractivity contribution is -0.118. The number of hydrogen-bond donors (Lipinski definition) is 2. The van der Waals surface area contributed by atoms with Crippen molar-refractivity contribution in [2.45, 2.75) is 36.8 Å². The number of para-hydroxylation sites is 2. The Bertz CT molecular complexity index is 857. The Hall–Kier alpha value is -2.41. The van der Waals surface area contributed by atoms with Crippen LogP contribution < -0.4 is 5.32 Å². The zero-order valence-corrected chi connectivity index (χ0v) is 15.9. The van der Waals surface area contributed by atoms with E-state index in [9.17, 15) is 4.79 Å². The smallest absolute Gasteiger partial charge is 0.230 e. The van der Waals surface area contributed by atoms with Gasteiger partial charge < -0.3 is 10.3 Å². The first-order valence-corrected chi connectivity index (χ1v) is 10.4. The second kappa shape index (κ2) is 8.52. The summed E-state index contributed by atoms with van der Waals surface area (Å²) in [5.41, 5.74) is 2.16. The summed E-state index contributed by atoms with van der Waals surface area (Å²) in [7, 11) is 0. The number of nitrogens with one attached hydrogen (secondary N) is 2. The van der Waals surface area contributed by atoms with Crippen LogP contribution in [0.25, 0.3) is 11.0 Å². The third-order valence-corrected chi connectivity index (χ3v) is 5.98. The summed E-state index contributed by atoms with van der Waals surface area (Å²) in [5, 5.41) is 3.70. The van der Waals surface area contributed by atoms with Crippen molar-refractivity contribution >= 4 is 28.7 Å². The van der Waals surface area contributed by atoms with Gasteiger partial charge in [-0.05, 0) is 49.8 Å². The zero-order valence-electron chi connectivity index (χ0n) is 15.1. The highest BCUT2D eigenvalue weighted by molar-refractivity contribution is 7.99. The summed E-state index contributed by atoms with van der Waals surface area (Å²) in [6, 6.07) is 9.95. The van der Waals surface area contributed by atoms with Crippen LogP contribution in [0.4, 0.5) is 0 Å². The van der Waals surface area contributed by atoms with Crippen LogP contribution in [0.5, 0.6) is 0 Å². The van der Waals surface area contributed by atoms with Crippen LogP contribution in [0.15, 0.2) is 47.9 Å². The number of imidazole rings is 1. The Balaban J connectivity index is 1.20. The maximum Gasteiger partial charge on any atom is 0.230 e. The van der Waals surface area contributed by atoms with Crippen LogP contribution in [0.1, 0.15) is 37.4 Å².